The van der Waals surface area contributed by atoms with Gasteiger partial charge in [-0.15, -0.1) is 0 Å². The van der Waals surface area contributed by atoms with Crippen LogP contribution >= 0.6 is 0 Å². The van der Waals surface area contributed by atoms with Crippen LogP contribution in [0, 0.1) is 17.2 Å². The van der Waals surface area contributed by atoms with Crippen LogP contribution in [0.3, 0.4) is 0 Å². The zero-order valence-electron chi connectivity index (χ0n) is 10.3. The Labute approximate surface area is 96.4 Å². The number of carbonyl (C=O) groups is 2. The van der Waals surface area contributed by atoms with Crippen LogP contribution in [0.25, 0.3) is 0 Å². The molecule has 0 aliphatic rings. The first-order chi connectivity index (χ1) is 7.40. The van der Waals surface area contributed by atoms with Crippen LogP contribution in [0.15, 0.2) is 0 Å². The highest BCUT2D eigenvalue weighted by atomic mass is 16.2. The molecule has 0 heterocycles. The number of nitriles is 1. The van der Waals surface area contributed by atoms with Crippen molar-refractivity contribution in [3.05, 3.63) is 0 Å². The van der Waals surface area contributed by atoms with Gasteiger partial charge in [-0.05, 0) is 19.3 Å². The van der Waals surface area contributed by atoms with Crippen molar-refractivity contribution in [2.45, 2.75) is 33.2 Å². The fourth-order valence-corrected chi connectivity index (χ4v) is 1.40. The predicted octanol–water partition coefficient (Wildman–Crippen LogP) is 0.519. The molecule has 16 heavy (non-hydrogen) atoms. The van der Waals surface area contributed by atoms with Gasteiger partial charge in [-0.25, -0.2) is 0 Å². The minimum Gasteiger partial charge on any atom is -0.335 e. The SMILES string of the molecule is CC(C)CC(C)N(C)C(=O)C(=O)NCC#N. The fraction of sp³-hybridized carbons (Fsp3) is 0.727. The minimum absolute atomic E-state index is 0.0142. The van der Waals surface area contributed by atoms with Gasteiger partial charge in [0.2, 0.25) is 0 Å². The Balaban J connectivity index is 4.27. The summed E-state index contributed by atoms with van der Waals surface area (Å²) >= 11 is 0. The third-order valence-corrected chi connectivity index (χ3v) is 2.32. The van der Waals surface area contributed by atoms with Crippen molar-refractivity contribution < 1.29 is 9.59 Å². The Hall–Kier alpha value is -1.57. The van der Waals surface area contributed by atoms with Crippen LogP contribution in [0.1, 0.15) is 27.2 Å². The van der Waals surface area contributed by atoms with Crippen LogP contribution in [0.4, 0.5) is 0 Å². The van der Waals surface area contributed by atoms with E-state index in [1.807, 2.05) is 6.92 Å². The van der Waals surface area contributed by atoms with E-state index in [4.69, 9.17) is 5.26 Å². The molecule has 2 amide bonds. The third-order valence-electron chi connectivity index (χ3n) is 2.32. The molecule has 1 N–H and O–H groups in total. The summed E-state index contributed by atoms with van der Waals surface area (Å²) in [6.45, 7) is 5.88. The monoisotopic (exact) mass is 225 g/mol. The van der Waals surface area contributed by atoms with E-state index in [0.717, 1.165) is 6.42 Å². The van der Waals surface area contributed by atoms with Gasteiger partial charge in [0, 0.05) is 13.1 Å². The number of carbonyl (C=O) groups excluding carboxylic acids is 2. The first-order valence-electron chi connectivity index (χ1n) is 5.32. The normalized spacial score (nSPS) is 11.8. The number of hydrogen-bond donors (Lipinski definition) is 1. The van der Waals surface area contributed by atoms with Gasteiger partial charge in [-0.1, -0.05) is 13.8 Å². The quantitative estimate of drug-likeness (QED) is 0.560. The van der Waals surface area contributed by atoms with Crippen molar-refractivity contribution in [2.75, 3.05) is 13.6 Å². The largest absolute Gasteiger partial charge is 0.335 e. The molecule has 0 spiro atoms. The molecule has 90 valence electrons. The number of hydrogen-bond acceptors (Lipinski definition) is 3. The summed E-state index contributed by atoms with van der Waals surface area (Å²) in [5.41, 5.74) is 0. The van der Waals surface area contributed by atoms with Gasteiger partial charge >= 0.3 is 11.8 Å². The molecule has 0 saturated heterocycles. The summed E-state index contributed by atoms with van der Waals surface area (Å²) < 4.78 is 0. The number of amides is 2. The second-order valence-electron chi connectivity index (χ2n) is 4.24. The maximum absolute atomic E-state index is 11.6. The van der Waals surface area contributed by atoms with E-state index in [0.29, 0.717) is 5.92 Å². The molecule has 0 aromatic carbocycles. The minimum atomic E-state index is -0.723. The van der Waals surface area contributed by atoms with Crippen LogP contribution in [0.5, 0.6) is 0 Å². The van der Waals surface area contributed by atoms with Gasteiger partial charge in [0.05, 0.1) is 6.07 Å². The highest BCUT2D eigenvalue weighted by molar-refractivity contribution is 6.35. The van der Waals surface area contributed by atoms with Gasteiger partial charge in [0.25, 0.3) is 0 Å². The Bertz CT molecular complexity index is 294. The lowest BCUT2D eigenvalue weighted by Crippen LogP contribution is -2.45. The summed E-state index contributed by atoms with van der Waals surface area (Å²) in [5, 5.41) is 10.5. The average molecular weight is 225 g/mol. The van der Waals surface area contributed by atoms with Gasteiger partial charge in [0.1, 0.15) is 6.54 Å². The van der Waals surface area contributed by atoms with Crippen molar-refractivity contribution in [1.29, 1.82) is 5.26 Å². The third kappa shape index (κ3) is 4.78. The topological polar surface area (TPSA) is 73.2 Å². The summed E-state index contributed by atoms with van der Waals surface area (Å²) in [5.74, 6) is -0.851. The number of likely N-dealkylation sites (N-methyl/N-ethyl adjacent to an activating group) is 1. The lowest BCUT2D eigenvalue weighted by molar-refractivity contribution is -0.146. The first-order valence-corrected chi connectivity index (χ1v) is 5.32. The van der Waals surface area contributed by atoms with Gasteiger partial charge < -0.3 is 10.2 Å². The average Bonchev–Trinajstić information content (AvgIpc) is 2.22. The molecule has 0 aromatic heterocycles. The molecule has 1 unspecified atom stereocenters. The maximum Gasteiger partial charge on any atom is 0.311 e. The Morgan fingerprint density at radius 3 is 2.38 bits per heavy atom. The second-order valence-corrected chi connectivity index (χ2v) is 4.24. The van der Waals surface area contributed by atoms with Crippen LogP contribution in [-0.4, -0.2) is 36.3 Å². The van der Waals surface area contributed by atoms with E-state index in [9.17, 15) is 9.59 Å². The summed E-state index contributed by atoms with van der Waals surface area (Å²) in [6, 6.07) is 1.77. The number of nitrogens with one attached hydrogen (secondary N) is 1. The molecule has 1 atom stereocenters. The summed E-state index contributed by atoms with van der Waals surface area (Å²) in [6.07, 6.45) is 0.841. The highest BCUT2D eigenvalue weighted by Crippen LogP contribution is 2.09. The molecule has 5 nitrogen and oxygen atoms in total. The van der Waals surface area contributed by atoms with Crippen LogP contribution in [-0.2, 0) is 9.59 Å². The van der Waals surface area contributed by atoms with Gasteiger partial charge in [-0.2, -0.15) is 5.26 Å². The molecule has 0 rings (SSSR count). The predicted molar refractivity (Wildman–Crippen MR) is 60.3 cm³/mol. The fourth-order valence-electron chi connectivity index (χ4n) is 1.40. The number of rotatable bonds is 4. The van der Waals surface area contributed by atoms with E-state index >= 15 is 0 Å². The molecule has 0 aromatic rings. The zero-order valence-corrected chi connectivity index (χ0v) is 10.3. The van der Waals surface area contributed by atoms with E-state index < -0.39 is 11.8 Å². The van der Waals surface area contributed by atoms with Gasteiger partial charge in [-0.3, -0.25) is 9.59 Å². The molecule has 0 saturated carbocycles. The highest BCUT2D eigenvalue weighted by Gasteiger charge is 2.22. The summed E-state index contributed by atoms with van der Waals surface area (Å²) in [7, 11) is 1.60. The molecular formula is C11H19N3O2. The van der Waals surface area contributed by atoms with Crippen molar-refractivity contribution >= 4 is 11.8 Å². The van der Waals surface area contributed by atoms with E-state index in [-0.39, 0.29) is 12.6 Å². The van der Waals surface area contributed by atoms with E-state index in [2.05, 4.69) is 19.2 Å². The Morgan fingerprint density at radius 1 is 1.38 bits per heavy atom. The lowest BCUT2D eigenvalue weighted by atomic mass is 10.0. The molecule has 0 bridgehead atoms. The van der Waals surface area contributed by atoms with E-state index in [1.165, 1.54) is 4.90 Å². The molecule has 0 fully saturated rings. The van der Waals surface area contributed by atoms with E-state index in [1.54, 1.807) is 13.1 Å². The standard InChI is InChI=1S/C11H19N3O2/c1-8(2)7-9(3)14(4)11(16)10(15)13-6-5-12/h8-9H,6-7H2,1-4H3,(H,13,15). The molecule has 0 aliphatic heterocycles. The van der Waals surface area contributed by atoms with Crippen LogP contribution in [0.2, 0.25) is 0 Å². The second kappa shape index (κ2) is 6.83. The number of nitrogens with zero attached hydrogens (tertiary/aromatic N) is 2. The van der Waals surface area contributed by atoms with Crippen LogP contribution < -0.4 is 5.32 Å². The molecule has 5 heteroatoms. The van der Waals surface area contributed by atoms with Gasteiger partial charge in [0.15, 0.2) is 0 Å². The molecule has 0 aliphatic carbocycles. The van der Waals surface area contributed by atoms with Crippen molar-refractivity contribution in [2.24, 2.45) is 5.92 Å². The molecule has 0 radical (unpaired) electrons. The Morgan fingerprint density at radius 2 is 1.94 bits per heavy atom. The zero-order chi connectivity index (χ0) is 12.7. The maximum atomic E-state index is 11.6. The lowest BCUT2D eigenvalue weighted by Gasteiger charge is -2.25. The Kier molecular flexibility index (Phi) is 6.16. The van der Waals surface area contributed by atoms with Crippen molar-refractivity contribution in [3.63, 3.8) is 0 Å². The molecular weight excluding hydrogens is 206 g/mol. The van der Waals surface area contributed by atoms with Crippen molar-refractivity contribution in [1.82, 2.24) is 10.2 Å². The van der Waals surface area contributed by atoms with Crippen molar-refractivity contribution in [3.8, 4) is 6.07 Å². The first kappa shape index (κ1) is 14.4. The smallest absolute Gasteiger partial charge is 0.311 e. The summed E-state index contributed by atoms with van der Waals surface area (Å²) in [4.78, 5) is 24.3.